The van der Waals surface area contributed by atoms with E-state index in [-0.39, 0.29) is 17.4 Å². The van der Waals surface area contributed by atoms with Crippen LogP contribution in [-0.4, -0.2) is 35.7 Å². The topological polar surface area (TPSA) is 75.6 Å². The molecule has 5 nitrogen and oxygen atoms in total. The number of methoxy groups -OCH3 is 1. The first kappa shape index (κ1) is 13.0. The molecule has 16 heavy (non-hydrogen) atoms. The van der Waals surface area contributed by atoms with E-state index in [1.165, 1.54) is 0 Å². The quantitative estimate of drug-likeness (QED) is 0.767. The molecule has 1 atom stereocenters. The first-order chi connectivity index (χ1) is 7.47. The van der Waals surface area contributed by atoms with Crippen LogP contribution in [0.3, 0.4) is 0 Å². The fraction of sp³-hybridized carbons (Fsp3) is 0.818. The number of carbonyl (C=O) groups excluding carboxylic acids is 1. The third-order valence-corrected chi connectivity index (χ3v) is 3.20. The fourth-order valence-electron chi connectivity index (χ4n) is 2.30. The van der Waals surface area contributed by atoms with Crippen LogP contribution in [0.15, 0.2) is 0 Å². The Hall–Kier alpha value is -1.10. The minimum atomic E-state index is -1.02. The van der Waals surface area contributed by atoms with E-state index in [4.69, 9.17) is 9.84 Å². The molecular weight excluding hydrogens is 210 g/mol. The molecule has 0 aromatic heterocycles. The van der Waals surface area contributed by atoms with Crippen LogP contribution in [0.25, 0.3) is 0 Å². The minimum absolute atomic E-state index is 0.161. The summed E-state index contributed by atoms with van der Waals surface area (Å²) in [6.45, 7) is 1.81. The van der Waals surface area contributed by atoms with Crippen molar-refractivity contribution in [2.45, 2.75) is 50.7 Å². The van der Waals surface area contributed by atoms with Gasteiger partial charge in [0.15, 0.2) is 0 Å². The van der Waals surface area contributed by atoms with Crippen molar-refractivity contribution < 1.29 is 19.4 Å². The summed E-state index contributed by atoms with van der Waals surface area (Å²) in [7, 11) is 1.63. The second kappa shape index (κ2) is 5.30. The molecule has 2 N–H and O–H groups in total. The standard InChI is InChI=1S/C11H19NO4/c1-8(12-10(14)15)7-11(16-2)5-3-9(13)4-6-11/h8,12H,3-7H2,1-2H3,(H,14,15). The lowest BCUT2D eigenvalue weighted by Crippen LogP contribution is -2.43. The SMILES string of the molecule is COC1(CC(C)NC(=O)O)CCC(=O)CC1. The molecule has 1 aliphatic carbocycles. The first-order valence-corrected chi connectivity index (χ1v) is 5.54. The van der Waals surface area contributed by atoms with Gasteiger partial charge in [0.1, 0.15) is 5.78 Å². The number of amides is 1. The van der Waals surface area contributed by atoms with Crippen molar-refractivity contribution in [1.29, 1.82) is 0 Å². The van der Waals surface area contributed by atoms with Crippen LogP contribution < -0.4 is 5.32 Å². The number of nitrogens with one attached hydrogen (secondary N) is 1. The summed E-state index contributed by atoms with van der Waals surface area (Å²) < 4.78 is 5.49. The van der Waals surface area contributed by atoms with E-state index < -0.39 is 6.09 Å². The normalized spacial score (nSPS) is 21.5. The molecule has 0 saturated heterocycles. The molecule has 0 aromatic carbocycles. The minimum Gasteiger partial charge on any atom is -0.465 e. The number of hydrogen-bond acceptors (Lipinski definition) is 3. The zero-order chi connectivity index (χ0) is 12.2. The number of ketones is 1. The summed E-state index contributed by atoms with van der Waals surface area (Å²) >= 11 is 0. The van der Waals surface area contributed by atoms with Crippen molar-refractivity contribution in [2.24, 2.45) is 0 Å². The number of Topliss-reactive ketones (excluding diaryl/α,β-unsaturated/α-hetero) is 1. The summed E-state index contributed by atoms with van der Waals surface area (Å²) in [5.74, 6) is 0.270. The lowest BCUT2D eigenvalue weighted by molar-refractivity contribution is -0.128. The van der Waals surface area contributed by atoms with Gasteiger partial charge in [-0.3, -0.25) is 4.79 Å². The summed E-state index contributed by atoms with van der Waals surface area (Å²) in [5.41, 5.74) is -0.338. The van der Waals surface area contributed by atoms with Gasteiger partial charge < -0.3 is 15.2 Å². The van der Waals surface area contributed by atoms with Gasteiger partial charge in [-0.05, 0) is 26.2 Å². The molecule has 5 heteroatoms. The maximum Gasteiger partial charge on any atom is 0.404 e. The first-order valence-electron chi connectivity index (χ1n) is 5.54. The second-order valence-corrected chi connectivity index (χ2v) is 4.48. The number of ether oxygens (including phenoxy) is 1. The van der Waals surface area contributed by atoms with Crippen molar-refractivity contribution in [3.8, 4) is 0 Å². The van der Waals surface area contributed by atoms with Crippen LogP contribution in [-0.2, 0) is 9.53 Å². The highest BCUT2D eigenvalue weighted by atomic mass is 16.5. The molecule has 0 radical (unpaired) electrons. The van der Waals surface area contributed by atoms with E-state index >= 15 is 0 Å². The summed E-state index contributed by atoms with van der Waals surface area (Å²) in [6, 6.07) is -0.161. The molecule has 1 aliphatic rings. The molecule has 1 amide bonds. The van der Waals surface area contributed by atoms with Crippen LogP contribution in [0.4, 0.5) is 4.79 Å². The Labute approximate surface area is 95.2 Å². The highest BCUT2D eigenvalue weighted by Gasteiger charge is 2.36. The zero-order valence-electron chi connectivity index (χ0n) is 9.78. The van der Waals surface area contributed by atoms with Crippen molar-refractivity contribution in [1.82, 2.24) is 5.32 Å². The maximum atomic E-state index is 11.2. The molecule has 1 rings (SSSR count). The molecule has 0 heterocycles. The van der Waals surface area contributed by atoms with E-state index in [0.29, 0.717) is 32.1 Å². The molecule has 1 saturated carbocycles. The van der Waals surface area contributed by atoms with Crippen molar-refractivity contribution in [2.75, 3.05) is 7.11 Å². The molecule has 0 bridgehead atoms. The molecular formula is C11H19NO4. The lowest BCUT2D eigenvalue weighted by atomic mass is 9.80. The van der Waals surface area contributed by atoms with Crippen LogP contribution in [0, 0.1) is 0 Å². The Bertz CT molecular complexity index is 267. The Morgan fingerprint density at radius 1 is 1.56 bits per heavy atom. The van der Waals surface area contributed by atoms with Crippen molar-refractivity contribution in [3.63, 3.8) is 0 Å². The van der Waals surface area contributed by atoms with E-state index in [1.807, 2.05) is 6.92 Å². The van der Waals surface area contributed by atoms with E-state index in [1.54, 1.807) is 7.11 Å². The Morgan fingerprint density at radius 3 is 2.56 bits per heavy atom. The van der Waals surface area contributed by atoms with E-state index in [2.05, 4.69) is 5.32 Å². The number of carbonyl (C=O) groups is 2. The lowest BCUT2D eigenvalue weighted by Gasteiger charge is -2.37. The number of rotatable bonds is 4. The van der Waals surface area contributed by atoms with Crippen LogP contribution in [0.2, 0.25) is 0 Å². The van der Waals surface area contributed by atoms with Gasteiger partial charge in [-0.2, -0.15) is 0 Å². The third-order valence-electron chi connectivity index (χ3n) is 3.20. The predicted octanol–water partition coefficient (Wildman–Crippen LogP) is 1.56. The van der Waals surface area contributed by atoms with Crippen LogP contribution in [0.1, 0.15) is 39.0 Å². The second-order valence-electron chi connectivity index (χ2n) is 4.48. The van der Waals surface area contributed by atoms with Crippen LogP contribution in [0.5, 0.6) is 0 Å². The van der Waals surface area contributed by atoms with Gasteiger partial charge in [-0.15, -0.1) is 0 Å². The molecule has 0 spiro atoms. The monoisotopic (exact) mass is 229 g/mol. The summed E-state index contributed by atoms with van der Waals surface area (Å²) in [5, 5.41) is 11.0. The van der Waals surface area contributed by atoms with Gasteiger partial charge in [0.25, 0.3) is 0 Å². The molecule has 0 aliphatic heterocycles. The fourth-order valence-corrected chi connectivity index (χ4v) is 2.30. The zero-order valence-corrected chi connectivity index (χ0v) is 9.78. The maximum absolute atomic E-state index is 11.2. The largest absolute Gasteiger partial charge is 0.465 e. The Balaban J connectivity index is 2.53. The number of hydrogen-bond donors (Lipinski definition) is 2. The Morgan fingerprint density at radius 2 is 2.12 bits per heavy atom. The van der Waals surface area contributed by atoms with Gasteiger partial charge in [0.2, 0.25) is 0 Å². The van der Waals surface area contributed by atoms with Gasteiger partial charge >= 0.3 is 6.09 Å². The van der Waals surface area contributed by atoms with Crippen molar-refractivity contribution in [3.05, 3.63) is 0 Å². The highest BCUT2D eigenvalue weighted by molar-refractivity contribution is 5.79. The van der Waals surface area contributed by atoms with Gasteiger partial charge in [0.05, 0.1) is 5.60 Å². The van der Waals surface area contributed by atoms with Crippen molar-refractivity contribution >= 4 is 11.9 Å². The molecule has 1 unspecified atom stereocenters. The van der Waals surface area contributed by atoms with Gasteiger partial charge in [-0.1, -0.05) is 0 Å². The van der Waals surface area contributed by atoms with Gasteiger partial charge in [-0.25, -0.2) is 4.79 Å². The third kappa shape index (κ3) is 3.48. The van der Waals surface area contributed by atoms with E-state index in [9.17, 15) is 9.59 Å². The predicted molar refractivity (Wildman–Crippen MR) is 58.5 cm³/mol. The van der Waals surface area contributed by atoms with Gasteiger partial charge in [0, 0.05) is 26.0 Å². The smallest absolute Gasteiger partial charge is 0.404 e. The average molecular weight is 229 g/mol. The summed E-state index contributed by atoms with van der Waals surface area (Å²) in [6.07, 6.45) is 2.04. The van der Waals surface area contributed by atoms with E-state index in [0.717, 1.165) is 0 Å². The molecule has 92 valence electrons. The Kier molecular flexibility index (Phi) is 4.29. The molecule has 0 aromatic rings. The summed E-state index contributed by atoms with van der Waals surface area (Å²) in [4.78, 5) is 21.7. The molecule has 1 fully saturated rings. The highest BCUT2D eigenvalue weighted by Crippen LogP contribution is 2.33. The average Bonchev–Trinajstić information content (AvgIpc) is 2.21. The van der Waals surface area contributed by atoms with Crippen LogP contribution >= 0.6 is 0 Å². The number of carboxylic acid groups (broad SMARTS) is 1.